The summed E-state index contributed by atoms with van der Waals surface area (Å²) >= 11 is 6.72. The number of aromatic nitrogens is 1. The maximum Gasteiger partial charge on any atom is 0.338 e. The van der Waals surface area contributed by atoms with Crippen molar-refractivity contribution in [2.24, 2.45) is 10.2 Å². The number of anilines is 1. The summed E-state index contributed by atoms with van der Waals surface area (Å²) in [6.45, 7) is 0. The van der Waals surface area contributed by atoms with E-state index in [2.05, 4.69) is 47.1 Å². The summed E-state index contributed by atoms with van der Waals surface area (Å²) in [5, 5.41) is 17.5. The molecule has 0 bridgehead atoms. The van der Waals surface area contributed by atoms with Gasteiger partial charge in [-0.2, -0.15) is 0 Å². The van der Waals surface area contributed by atoms with Crippen LogP contribution in [0.5, 0.6) is 0 Å². The standard InChI is InChI=1S/C14H12Br2N4O2/c1-20(2)10-5-3-4-8(14(21)22)12(10)18-19-13-11(16)9(15)6-7-17-13/h3-7H,1-2H3,(H,21,22)/b19-18+. The van der Waals surface area contributed by atoms with Crippen molar-refractivity contribution in [3.63, 3.8) is 0 Å². The first-order chi connectivity index (χ1) is 10.4. The SMILES string of the molecule is CN(C)c1cccc(C(=O)O)c1/N=N/c1nccc(Br)c1Br. The Morgan fingerprint density at radius 1 is 1.23 bits per heavy atom. The fourth-order valence-electron chi connectivity index (χ4n) is 1.75. The highest BCUT2D eigenvalue weighted by Gasteiger charge is 2.15. The van der Waals surface area contributed by atoms with Gasteiger partial charge < -0.3 is 10.0 Å². The number of benzene rings is 1. The van der Waals surface area contributed by atoms with Gasteiger partial charge in [-0.25, -0.2) is 9.78 Å². The molecule has 8 heteroatoms. The predicted octanol–water partition coefficient (Wildman–Crippen LogP) is 4.79. The zero-order valence-corrected chi connectivity index (χ0v) is 15.0. The molecule has 2 aromatic rings. The molecule has 1 N–H and O–H groups in total. The molecule has 0 saturated carbocycles. The van der Waals surface area contributed by atoms with Crippen LogP contribution < -0.4 is 4.90 Å². The van der Waals surface area contributed by atoms with E-state index in [0.717, 1.165) is 4.47 Å². The Bertz CT molecular complexity index is 748. The van der Waals surface area contributed by atoms with E-state index in [-0.39, 0.29) is 11.3 Å². The van der Waals surface area contributed by atoms with Gasteiger partial charge in [-0.15, -0.1) is 10.2 Å². The smallest absolute Gasteiger partial charge is 0.338 e. The summed E-state index contributed by atoms with van der Waals surface area (Å²) in [4.78, 5) is 17.3. The molecule has 1 heterocycles. The monoisotopic (exact) mass is 426 g/mol. The molecule has 0 unspecified atom stereocenters. The number of halogens is 2. The van der Waals surface area contributed by atoms with Crippen LogP contribution in [0, 0.1) is 0 Å². The van der Waals surface area contributed by atoms with Crippen molar-refractivity contribution in [1.82, 2.24) is 4.98 Å². The van der Waals surface area contributed by atoms with E-state index in [1.54, 1.807) is 29.3 Å². The second-order valence-corrected chi connectivity index (χ2v) is 6.15. The van der Waals surface area contributed by atoms with E-state index in [4.69, 9.17) is 0 Å². The fraction of sp³-hybridized carbons (Fsp3) is 0.143. The van der Waals surface area contributed by atoms with Crippen LogP contribution in [0.15, 0.2) is 49.6 Å². The number of carbonyl (C=O) groups is 1. The first kappa shape index (κ1) is 16.6. The van der Waals surface area contributed by atoms with E-state index in [9.17, 15) is 9.90 Å². The quantitative estimate of drug-likeness (QED) is 0.711. The van der Waals surface area contributed by atoms with E-state index in [0.29, 0.717) is 16.0 Å². The number of carboxylic acid groups (broad SMARTS) is 1. The van der Waals surface area contributed by atoms with Crippen molar-refractivity contribution in [3.05, 3.63) is 45.0 Å². The third-order valence-corrected chi connectivity index (χ3v) is 4.77. The lowest BCUT2D eigenvalue weighted by Crippen LogP contribution is -2.10. The largest absolute Gasteiger partial charge is 0.478 e. The molecule has 0 spiro atoms. The van der Waals surface area contributed by atoms with E-state index < -0.39 is 5.97 Å². The number of carboxylic acids is 1. The Morgan fingerprint density at radius 2 is 1.95 bits per heavy atom. The number of aromatic carboxylic acids is 1. The molecular weight excluding hydrogens is 416 g/mol. The lowest BCUT2D eigenvalue weighted by molar-refractivity contribution is 0.0698. The van der Waals surface area contributed by atoms with Gasteiger partial charge in [-0.05, 0) is 50.1 Å². The van der Waals surface area contributed by atoms with Gasteiger partial charge >= 0.3 is 5.97 Å². The maximum absolute atomic E-state index is 11.4. The van der Waals surface area contributed by atoms with Gasteiger partial charge in [-0.3, -0.25) is 0 Å². The van der Waals surface area contributed by atoms with Crippen LogP contribution in [0.4, 0.5) is 17.2 Å². The molecule has 1 aromatic heterocycles. The van der Waals surface area contributed by atoms with Crippen LogP contribution in [0.25, 0.3) is 0 Å². The van der Waals surface area contributed by atoms with Crippen LogP contribution >= 0.6 is 31.9 Å². The van der Waals surface area contributed by atoms with Crippen molar-refractivity contribution in [2.75, 3.05) is 19.0 Å². The predicted molar refractivity (Wildman–Crippen MR) is 91.5 cm³/mol. The number of azo groups is 1. The van der Waals surface area contributed by atoms with Crippen LogP contribution in [-0.4, -0.2) is 30.2 Å². The minimum atomic E-state index is -1.06. The van der Waals surface area contributed by atoms with Gasteiger partial charge in [0.15, 0.2) is 5.82 Å². The van der Waals surface area contributed by atoms with Crippen molar-refractivity contribution >= 4 is 55.0 Å². The third-order valence-electron chi connectivity index (χ3n) is 2.80. The zero-order chi connectivity index (χ0) is 16.3. The summed E-state index contributed by atoms with van der Waals surface area (Å²) in [6, 6.07) is 6.71. The third kappa shape index (κ3) is 3.50. The highest BCUT2D eigenvalue weighted by molar-refractivity contribution is 9.13. The first-order valence-corrected chi connectivity index (χ1v) is 7.75. The Hall–Kier alpha value is -1.80. The van der Waals surface area contributed by atoms with Gasteiger partial charge in [0.1, 0.15) is 5.69 Å². The average Bonchev–Trinajstić information content (AvgIpc) is 2.48. The van der Waals surface area contributed by atoms with Crippen molar-refractivity contribution in [2.45, 2.75) is 0 Å². The molecule has 114 valence electrons. The second-order valence-electron chi connectivity index (χ2n) is 4.50. The topological polar surface area (TPSA) is 78.2 Å². The number of hydrogen-bond acceptors (Lipinski definition) is 5. The van der Waals surface area contributed by atoms with Crippen LogP contribution in [-0.2, 0) is 0 Å². The fourth-order valence-corrected chi connectivity index (χ4v) is 2.36. The summed E-state index contributed by atoms with van der Waals surface area (Å²) < 4.78 is 1.44. The molecule has 0 saturated heterocycles. The molecule has 0 aliphatic heterocycles. The zero-order valence-electron chi connectivity index (χ0n) is 11.8. The lowest BCUT2D eigenvalue weighted by Gasteiger charge is -2.15. The molecule has 1 aromatic carbocycles. The minimum Gasteiger partial charge on any atom is -0.478 e. The Balaban J connectivity index is 2.54. The summed E-state index contributed by atoms with van der Waals surface area (Å²) in [5.74, 6) is -0.696. The summed E-state index contributed by atoms with van der Waals surface area (Å²) in [5.41, 5.74) is 1.03. The summed E-state index contributed by atoms with van der Waals surface area (Å²) in [7, 11) is 3.63. The molecule has 6 nitrogen and oxygen atoms in total. The molecule has 2 rings (SSSR count). The highest BCUT2D eigenvalue weighted by Crippen LogP contribution is 2.35. The van der Waals surface area contributed by atoms with Gasteiger partial charge in [-0.1, -0.05) is 6.07 Å². The molecule has 22 heavy (non-hydrogen) atoms. The minimum absolute atomic E-state index is 0.0843. The number of hydrogen-bond donors (Lipinski definition) is 1. The molecule has 0 radical (unpaired) electrons. The maximum atomic E-state index is 11.4. The Labute approximate surface area is 144 Å². The molecule has 0 atom stereocenters. The highest BCUT2D eigenvalue weighted by atomic mass is 79.9. The number of rotatable bonds is 4. The average molecular weight is 428 g/mol. The van der Waals surface area contributed by atoms with E-state index in [1.165, 1.54) is 6.07 Å². The Morgan fingerprint density at radius 3 is 2.59 bits per heavy atom. The molecular formula is C14H12Br2N4O2. The van der Waals surface area contributed by atoms with Gasteiger partial charge in [0.05, 0.1) is 15.7 Å². The van der Waals surface area contributed by atoms with Crippen LogP contribution in [0.1, 0.15) is 10.4 Å². The van der Waals surface area contributed by atoms with Crippen LogP contribution in [0.3, 0.4) is 0 Å². The second kappa shape index (κ2) is 6.97. The van der Waals surface area contributed by atoms with Crippen molar-refractivity contribution < 1.29 is 9.90 Å². The lowest BCUT2D eigenvalue weighted by atomic mass is 10.1. The number of nitrogens with zero attached hydrogens (tertiary/aromatic N) is 4. The molecule has 0 aliphatic rings. The number of pyridine rings is 1. The van der Waals surface area contributed by atoms with E-state index >= 15 is 0 Å². The summed E-state index contributed by atoms with van der Waals surface area (Å²) in [6.07, 6.45) is 1.58. The molecule has 0 fully saturated rings. The molecule has 0 aliphatic carbocycles. The van der Waals surface area contributed by atoms with Crippen LogP contribution in [0.2, 0.25) is 0 Å². The van der Waals surface area contributed by atoms with Gasteiger partial charge in [0, 0.05) is 24.8 Å². The normalized spacial score (nSPS) is 10.9. The van der Waals surface area contributed by atoms with Gasteiger partial charge in [0.2, 0.25) is 0 Å². The van der Waals surface area contributed by atoms with Gasteiger partial charge in [0.25, 0.3) is 0 Å². The van der Waals surface area contributed by atoms with E-state index in [1.807, 2.05) is 14.1 Å². The van der Waals surface area contributed by atoms with Crippen molar-refractivity contribution in [3.8, 4) is 0 Å². The molecule has 0 amide bonds. The van der Waals surface area contributed by atoms with Crippen molar-refractivity contribution in [1.29, 1.82) is 0 Å². The Kier molecular flexibility index (Phi) is 5.25. The first-order valence-electron chi connectivity index (χ1n) is 6.17.